The van der Waals surface area contributed by atoms with E-state index in [1.54, 1.807) is 16.9 Å². The topological polar surface area (TPSA) is 64.7 Å². The summed E-state index contributed by atoms with van der Waals surface area (Å²) in [6.07, 6.45) is 1.79. The van der Waals surface area contributed by atoms with Crippen LogP contribution in [0.15, 0.2) is 48.7 Å². The van der Waals surface area contributed by atoms with E-state index in [0.717, 1.165) is 15.9 Å². The monoisotopic (exact) mass is 351 g/mol. The zero-order chi connectivity index (χ0) is 17.4. The molecule has 0 unspecified atom stereocenters. The SMILES string of the molecule is Cc1nn(Cc2ccccc2)c2sc(C(=O)Nc3ccn(C)n3)cc12. The van der Waals surface area contributed by atoms with Crippen molar-refractivity contribution in [3.8, 4) is 0 Å². The lowest BCUT2D eigenvalue weighted by Gasteiger charge is -2.02. The number of hydrogen-bond acceptors (Lipinski definition) is 4. The van der Waals surface area contributed by atoms with Crippen LogP contribution in [0.5, 0.6) is 0 Å². The normalized spacial score (nSPS) is 11.1. The number of hydrogen-bond donors (Lipinski definition) is 1. The number of thiophene rings is 1. The number of benzene rings is 1. The maximum atomic E-state index is 12.5. The Labute approximate surface area is 148 Å². The number of amides is 1. The second-order valence-electron chi connectivity index (χ2n) is 5.89. The molecule has 1 amide bonds. The van der Waals surface area contributed by atoms with E-state index < -0.39 is 0 Å². The van der Waals surface area contributed by atoms with Crippen LogP contribution >= 0.6 is 11.3 Å². The standard InChI is InChI=1S/C18H17N5OS/c1-12-14-10-15(17(24)19-16-8-9-22(2)21-16)25-18(14)23(20-12)11-13-6-4-3-5-7-13/h3-10H,11H2,1-2H3,(H,19,21,24). The van der Waals surface area contributed by atoms with Crippen molar-refractivity contribution in [3.63, 3.8) is 0 Å². The average molecular weight is 351 g/mol. The van der Waals surface area contributed by atoms with Gasteiger partial charge < -0.3 is 5.32 Å². The molecule has 0 aliphatic carbocycles. The van der Waals surface area contributed by atoms with E-state index in [0.29, 0.717) is 17.2 Å². The maximum absolute atomic E-state index is 12.5. The van der Waals surface area contributed by atoms with Crippen molar-refractivity contribution in [1.29, 1.82) is 0 Å². The van der Waals surface area contributed by atoms with E-state index in [-0.39, 0.29) is 5.91 Å². The molecule has 0 spiro atoms. The molecule has 4 rings (SSSR count). The van der Waals surface area contributed by atoms with Gasteiger partial charge in [0.05, 0.1) is 17.1 Å². The van der Waals surface area contributed by atoms with Gasteiger partial charge in [-0.25, -0.2) is 0 Å². The maximum Gasteiger partial charge on any atom is 0.267 e. The fraction of sp³-hybridized carbons (Fsp3) is 0.167. The van der Waals surface area contributed by atoms with E-state index in [4.69, 9.17) is 0 Å². The van der Waals surface area contributed by atoms with Gasteiger partial charge in [0.2, 0.25) is 0 Å². The first-order chi connectivity index (χ1) is 12.1. The molecule has 1 aromatic carbocycles. The molecule has 0 bridgehead atoms. The molecule has 0 saturated carbocycles. The highest BCUT2D eigenvalue weighted by Gasteiger charge is 2.17. The molecule has 0 saturated heterocycles. The first kappa shape index (κ1) is 15.6. The molecule has 0 aliphatic heterocycles. The minimum absolute atomic E-state index is 0.148. The van der Waals surface area contributed by atoms with Crippen molar-refractivity contribution in [1.82, 2.24) is 19.6 Å². The van der Waals surface area contributed by atoms with Gasteiger partial charge in [-0.15, -0.1) is 11.3 Å². The van der Waals surface area contributed by atoms with Gasteiger partial charge in [0.1, 0.15) is 4.83 Å². The van der Waals surface area contributed by atoms with Crippen molar-refractivity contribution in [2.45, 2.75) is 13.5 Å². The van der Waals surface area contributed by atoms with Crippen LogP contribution < -0.4 is 5.32 Å². The van der Waals surface area contributed by atoms with Gasteiger partial charge in [0.25, 0.3) is 5.91 Å². The van der Waals surface area contributed by atoms with E-state index >= 15 is 0 Å². The minimum atomic E-state index is -0.148. The Kier molecular flexibility index (Phi) is 3.85. The fourth-order valence-corrected chi connectivity index (χ4v) is 3.80. The first-order valence-electron chi connectivity index (χ1n) is 7.92. The van der Waals surface area contributed by atoms with Crippen LogP contribution in [0.4, 0.5) is 5.82 Å². The second-order valence-corrected chi connectivity index (χ2v) is 6.92. The number of carbonyl (C=O) groups is 1. The van der Waals surface area contributed by atoms with Gasteiger partial charge in [-0.2, -0.15) is 10.2 Å². The Balaban J connectivity index is 1.63. The largest absolute Gasteiger partial charge is 0.304 e. The predicted octanol–water partition coefficient (Wildman–Crippen LogP) is 3.44. The van der Waals surface area contributed by atoms with Crippen LogP contribution in [0.2, 0.25) is 0 Å². The summed E-state index contributed by atoms with van der Waals surface area (Å²) < 4.78 is 3.62. The number of anilines is 1. The molecule has 3 heterocycles. The van der Waals surface area contributed by atoms with Gasteiger partial charge in [-0.3, -0.25) is 14.2 Å². The second kappa shape index (κ2) is 6.18. The smallest absolute Gasteiger partial charge is 0.267 e. The molecule has 4 aromatic rings. The highest BCUT2D eigenvalue weighted by atomic mass is 32.1. The summed E-state index contributed by atoms with van der Waals surface area (Å²) in [5, 5.41) is 12.6. The van der Waals surface area contributed by atoms with E-state index in [1.165, 1.54) is 16.9 Å². The van der Waals surface area contributed by atoms with Crippen LogP contribution in [-0.2, 0) is 13.6 Å². The molecular formula is C18H17N5OS. The van der Waals surface area contributed by atoms with E-state index in [9.17, 15) is 4.79 Å². The Morgan fingerprint density at radius 3 is 2.72 bits per heavy atom. The lowest BCUT2D eigenvalue weighted by Crippen LogP contribution is -2.11. The average Bonchev–Trinajstić information content (AvgIpc) is 3.27. The number of nitrogens with one attached hydrogen (secondary N) is 1. The zero-order valence-corrected chi connectivity index (χ0v) is 14.7. The molecule has 7 heteroatoms. The van der Waals surface area contributed by atoms with Crippen molar-refractivity contribution < 1.29 is 4.79 Å². The molecule has 1 N–H and O–H groups in total. The van der Waals surface area contributed by atoms with Crippen molar-refractivity contribution in [2.24, 2.45) is 7.05 Å². The third kappa shape index (κ3) is 3.06. The van der Waals surface area contributed by atoms with Gasteiger partial charge in [0, 0.05) is 24.7 Å². The predicted molar refractivity (Wildman–Crippen MR) is 99.1 cm³/mol. The molecular weight excluding hydrogens is 334 g/mol. The Morgan fingerprint density at radius 1 is 1.20 bits per heavy atom. The number of aryl methyl sites for hydroxylation is 2. The van der Waals surface area contributed by atoms with Gasteiger partial charge >= 0.3 is 0 Å². The summed E-state index contributed by atoms with van der Waals surface area (Å²) in [4.78, 5) is 14.2. The van der Waals surface area contributed by atoms with Gasteiger partial charge in [0.15, 0.2) is 5.82 Å². The molecule has 6 nitrogen and oxygen atoms in total. The molecule has 0 radical (unpaired) electrons. The van der Waals surface area contributed by atoms with Crippen molar-refractivity contribution in [3.05, 3.63) is 64.8 Å². The van der Waals surface area contributed by atoms with Gasteiger partial charge in [-0.1, -0.05) is 30.3 Å². The van der Waals surface area contributed by atoms with E-state index in [2.05, 4.69) is 27.6 Å². The Bertz CT molecular complexity index is 1040. The molecule has 0 atom stereocenters. The van der Waals surface area contributed by atoms with Gasteiger partial charge in [-0.05, 0) is 18.6 Å². The number of carbonyl (C=O) groups excluding carboxylic acids is 1. The van der Waals surface area contributed by atoms with Crippen LogP contribution in [0, 0.1) is 6.92 Å². The summed E-state index contributed by atoms with van der Waals surface area (Å²) in [6, 6.07) is 13.9. The van der Waals surface area contributed by atoms with Crippen LogP contribution in [0.1, 0.15) is 20.9 Å². The number of rotatable bonds is 4. The number of fused-ring (bicyclic) bond motifs is 1. The third-order valence-electron chi connectivity index (χ3n) is 3.96. The summed E-state index contributed by atoms with van der Waals surface area (Å²) >= 11 is 1.45. The summed E-state index contributed by atoms with van der Waals surface area (Å²) in [5.41, 5.74) is 2.11. The highest BCUT2D eigenvalue weighted by Crippen LogP contribution is 2.29. The van der Waals surface area contributed by atoms with Crippen LogP contribution in [0.3, 0.4) is 0 Å². The summed E-state index contributed by atoms with van der Waals surface area (Å²) in [5.74, 6) is 0.401. The summed E-state index contributed by atoms with van der Waals surface area (Å²) in [7, 11) is 1.82. The molecule has 3 aromatic heterocycles. The first-order valence-corrected chi connectivity index (χ1v) is 8.73. The zero-order valence-electron chi connectivity index (χ0n) is 13.9. The number of aromatic nitrogens is 4. The van der Waals surface area contributed by atoms with Crippen molar-refractivity contribution >= 4 is 33.3 Å². The van der Waals surface area contributed by atoms with E-state index in [1.807, 2.05) is 42.9 Å². The third-order valence-corrected chi connectivity index (χ3v) is 5.11. The quantitative estimate of drug-likeness (QED) is 0.612. The Morgan fingerprint density at radius 2 is 2.00 bits per heavy atom. The van der Waals surface area contributed by atoms with Crippen molar-refractivity contribution in [2.75, 3.05) is 5.32 Å². The van der Waals surface area contributed by atoms with Crippen LogP contribution in [0.25, 0.3) is 10.2 Å². The molecule has 0 aliphatic rings. The molecule has 0 fully saturated rings. The number of nitrogens with zero attached hydrogens (tertiary/aromatic N) is 4. The lowest BCUT2D eigenvalue weighted by atomic mass is 10.2. The summed E-state index contributed by atoms with van der Waals surface area (Å²) in [6.45, 7) is 2.66. The van der Waals surface area contributed by atoms with Crippen LogP contribution in [-0.4, -0.2) is 25.5 Å². The Hall–Kier alpha value is -2.93. The minimum Gasteiger partial charge on any atom is -0.304 e. The fourth-order valence-electron chi connectivity index (χ4n) is 2.75. The molecule has 25 heavy (non-hydrogen) atoms. The molecule has 126 valence electrons. The lowest BCUT2D eigenvalue weighted by molar-refractivity contribution is 0.103. The highest BCUT2D eigenvalue weighted by molar-refractivity contribution is 7.20.